The van der Waals surface area contributed by atoms with Gasteiger partial charge in [0.1, 0.15) is 0 Å². The quantitative estimate of drug-likeness (QED) is 0.641. The van der Waals surface area contributed by atoms with E-state index in [0.717, 1.165) is 0 Å². The Kier molecular flexibility index (Phi) is 2.74. The molecule has 0 amide bonds. The van der Waals surface area contributed by atoms with Gasteiger partial charge >= 0.3 is 0 Å². The first kappa shape index (κ1) is 8.53. The van der Waals surface area contributed by atoms with Crippen molar-refractivity contribution < 1.29 is 0 Å². The zero-order valence-corrected chi connectivity index (χ0v) is 9.65. The largest absolute Gasteiger partial charge is 0.0579 e. The van der Waals surface area contributed by atoms with Crippen LogP contribution in [0.5, 0.6) is 0 Å². The fourth-order valence-corrected chi connectivity index (χ4v) is 1.78. The van der Waals surface area contributed by atoms with E-state index in [-0.39, 0.29) is 0 Å². The Hall–Kier alpha value is 0.430. The normalized spacial score (nSPS) is 10.0. The molecule has 0 atom stereocenters. The van der Waals surface area contributed by atoms with Gasteiger partial charge in [-0.1, -0.05) is 6.07 Å². The molecular weight excluding hydrogens is 303 g/mol. The van der Waals surface area contributed by atoms with Crippen LogP contribution in [0.2, 0.25) is 0 Å². The lowest BCUT2D eigenvalue weighted by atomic mass is 10.1. The summed E-state index contributed by atoms with van der Waals surface area (Å²) in [5, 5.41) is 0. The summed E-state index contributed by atoms with van der Waals surface area (Å²) in [6.45, 7) is 4.25. The summed E-state index contributed by atoms with van der Waals surface area (Å²) in [4.78, 5) is 0. The van der Waals surface area contributed by atoms with Crippen LogP contribution >= 0.6 is 38.5 Å². The highest BCUT2D eigenvalue weighted by Crippen LogP contribution is 2.24. The van der Waals surface area contributed by atoms with Gasteiger partial charge in [-0.2, -0.15) is 0 Å². The molecule has 0 saturated carbocycles. The van der Waals surface area contributed by atoms with Crippen molar-refractivity contribution in [2.45, 2.75) is 13.8 Å². The van der Waals surface area contributed by atoms with Crippen molar-refractivity contribution in [2.75, 3.05) is 0 Å². The second-order valence-electron chi connectivity index (χ2n) is 2.30. The SMILES string of the molecule is Cc1ccc(I)c(Br)c1C. The van der Waals surface area contributed by atoms with Gasteiger partial charge in [0, 0.05) is 8.04 Å². The molecule has 0 unspecified atom stereocenters. The van der Waals surface area contributed by atoms with E-state index in [2.05, 4.69) is 64.5 Å². The average molecular weight is 311 g/mol. The van der Waals surface area contributed by atoms with Gasteiger partial charge in [-0.25, -0.2) is 0 Å². The lowest BCUT2D eigenvalue weighted by Crippen LogP contribution is -1.84. The van der Waals surface area contributed by atoms with Crippen molar-refractivity contribution in [3.05, 3.63) is 31.3 Å². The van der Waals surface area contributed by atoms with Crippen LogP contribution < -0.4 is 0 Å². The van der Waals surface area contributed by atoms with Crippen LogP contribution in [0.3, 0.4) is 0 Å². The van der Waals surface area contributed by atoms with Gasteiger partial charge in [-0.3, -0.25) is 0 Å². The summed E-state index contributed by atoms with van der Waals surface area (Å²) < 4.78 is 2.51. The average Bonchev–Trinajstić information content (AvgIpc) is 1.93. The Morgan fingerprint density at radius 2 is 1.90 bits per heavy atom. The molecule has 0 aliphatic heterocycles. The molecule has 0 spiro atoms. The molecule has 54 valence electrons. The molecule has 0 nitrogen and oxygen atoms in total. The molecule has 0 saturated heterocycles. The zero-order valence-electron chi connectivity index (χ0n) is 5.91. The molecule has 0 aromatic heterocycles. The van der Waals surface area contributed by atoms with Gasteiger partial charge in [0.25, 0.3) is 0 Å². The number of hydrogen-bond acceptors (Lipinski definition) is 0. The van der Waals surface area contributed by atoms with Gasteiger partial charge < -0.3 is 0 Å². The Labute approximate surface area is 83.3 Å². The van der Waals surface area contributed by atoms with E-state index in [9.17, 15) is 0 Å². The smallest absolute Gasteiger partial charge is 0.0340 e. The van der Waals surface area contributed by atoms with Crippen LogP contribution in [0.15, 0.2) is 16.6 Å². The maximum atomic E-state index is 3.52. The van der Waals surface area contributed by atoms with Crippen LogP contribution in [-0.2, 0) is 0 Å². The minimum Gasteiger partial charge on any atom is -0.0579 e. The third-order valence-corrected chi connectivity index (χ3v) is 4.27. The maximum absolute atomic E-state index is 3.52. The van der Waals surface area contributed by atoms with Crippen molar-refractivity contribution >= 4 is 38.5 Å². The van der Waals surface area contributed by atoms with Crippen molar-refractivity contribution in [3.63, 3.8) is 0 Å². The van der Waals surface area contributed by atoms with Crippen molar-refractivity contribution in [3.8, 4) is 0 Å². The van der Waals surface area contributed by atoms with Crippen molar-refractivity contribution in [1.82, 2.24) is 0 Å². The van der Waals surface area contributed by atoms with E-state index in [1.807, 2.05) is 0 Å². The summed E-state index contributed by atoms with van der Waals surface area (Å²) in [6.07, 6.45) is 0. The van der Waals surface area contributed by atoms with E-state index in [0.29, 0.717) is 0 Å². The first-order valence-electron chi connectivity index (χ1n) is 3.04. The fraction of sp³-hybridized carbons (Fsp3) is 0.250. The second kappa shape index (κ2) is 3.22. The molecule has 0 fully saturated rings. The zero-order chi connectivity index (χ0) is 7.72. The lowest BCUT2D eigenvalue weighted by Gasteiger charge is -2.03. The molecule has 1 aromatic carbocycles. The molecule has 1 rings (SSSR count). The summed E-state index contributed by atoms with van der Waals surface area (Å²) in [5.41, 5.74) is 2.68. The minimum atomic E-state index is 1.23. The molecule has 2 heteroatoms. The number of aryl methyl sites for hydroxylation is 1. The van der Waals surface area contributed by atoms with Gasteiger partial charge in [0.2, 0.25) is 0 Å². The molecule has 0 radical (unpaired) electrons. The summed E-state index contributed by atoms with van der Waals surface area (Å²) >= 11 is 5.84. The van der Waals surface area contributed by atoms with Gasteiger partial charge in [0.05, 0.1) is 0 Å². The minimum absolute atomic E-state index is 1.23. The predicted octanol–water partition coefficient (Wildman–Crippen LogP) is 3.67. The van der Waals surface area contributed by atoms with Crippen LogP contribution in [-0.4, -0.2) is 0 Å². The number of hydrogen-bond donors (Lipinski definition) is 0. The third-order valence-electron chi connectivity index (χ3n) is 1.61. The molecule has 0 aliphatic carbocycles. The first-order chi connectivity index (χ1) is 4.63. The molecule has 10 heavy (non-hydrogen) atoms. The Morgan fingerprint density at radius 1 is 1.30 bits per heavy atom. The van der Waals surface area contributed by atoms with E-state index in [4.69, 9.17) is 0 Å². The maximum Gasteiger partial charge on any atom is 0.0340 e. The van der Waals surface area contributed by atoms with Gasteiger partial charge in [-0.15, -0.1) is 0 Å². The van der Waals surface area contributed by atoms with Gasteiger partial charge in [-0.05, 0) is 69.6 Å². The number of rotatable bonds is 0. The molecular formula is C8H8BrI. The van der Waals surface area contributed by atoms with E-state index in [1.54, 1.807) is 0 Å². The fourth-order valence-electron chi connectivity index (χ4n) is 0.749. The second-order valence-corrected chi connectivity index (χ2v) is 4.26. The Balaban J connectivity index is 3.34. The molecule has 0 bridgehead atoms. The van der Waals surface area contributed by atoms with Crippen LogP contribution in [0, 0.1) is 17.4 Å². The molecule has 0 aliphatic rings. The Bertz CT molecular complexity index is 229. The Morgan fingerprint density at radius 3 is 2.40 bits per heavy atom. The monoisotopic (exact) mass is 310 g/mol. The van der Waals surface area contributed by atoms with Crippen molar-refractivity contribution in [1.29, 1.82) is 0 Å². The summed E-state index contributed by atoms with van der Waals surface area (Å²) in [6, 6.07) is 4.26. The summed E-state index contributed by atoms with van der Waals surface area (Å²) in [5.74, 6) is 0. The van der Waals surface area contributed by atoms with Gasteiger partial charge in [0.15, 0.2) is 0 Å². The summed E-state index contributed by atoms with van der Waals surface area (Å²) in [7, 11) is 0. The van der Waals surface area contributed by atoms with E-state index in [1.165, 1.54) is 19.2 Å². The molecule has 1 aromatic rings. The number of halogens is 2. The van der Waals surface area contributed by atoms with E-state index >= 15 is 0 Å². The highest BCUT2D eigenvalue weighted by atomic mass is 127. The first-order valence-corrected chi connectivity index (χ1v) is 4.91. The predicted molar refractivity (Wildman–Crippen MR) is 56.3 cm³/mol. The van der Waals surface area contributed by atoms with Crippen LogP contribution in [0.25, 0.3) is 0 Å². The molecule has 0 N–H and O–H groups in total. The van der Waals surface area contributed by atoms with Crippen LogP contribution in [0.4, 0.5) is 0 Å². The lowest BCUT2D eigenvalue weighted by molar-refractivity contribution is 1.30. The van der Waals surface area contributed by atoms with E-state index < -0.39 is 0 Å². The number of benzene rings is 1. The van der Waals surface area contributed by atoms with Crippen LogP contribution in [0.1, 0.15) is 11.1 Å². The third kappa shape index (κ3) is 1.53. The topological polar surface area (TPSA) is 0 Å². The molecule has 0 heterocycles. The van der Waals surface area contributed by atoms with Crippen molar-refractivity contribution in [2.24, 2.45) is 0 Å². The standard InChI is InChI=1S/C8H8BrI/c1-5-3-4-7(10)8(9)6(5)2/h3-4H,1-2H3. The highest BCUT2D eigenvalue weighted by molar-refractivity contribution is 14.1. The highest BCUT2D eigenvalue weighted by Gasteiger charge is 2.00.